The van der Waals surface area contributed by atoms with E-state index in [1.54, 1.807) is 11.8 Å². The first-order valence-corrected chi connectivity index (χ1v) is 8.56. The lowest BCUT2D eigenvalue weighted by molar-refractivity contribution is -0.131. The van der Waals surface area contributed by atoms with E-state index in [4.69, 9.17) is 11.6 Å². The summed E-state index contributed by atoms with van der Waals surface area (Å²) in [6, 6.07) is 8.17. The number of halogens is 1. The molecule has 0 bridgehead atoms. The average Bonchev–Trinajstić information content (AvgIpc) is 2.99. The third-order valence-electron chi connectivity index (χ3n) is 3.96. The number of thioether (sulfide) groups is 1. The lowest BCUT2D eigenvalue weighted by Gasteiger charge is -2.28. The summed E-state index contributed by atoms with van der Waals surface area (Å²) in [5.41, 5.74) is 0. The van der Waals surface area contributed by atoms with Crippen molar-refractivity contribution in [2.75, 3.05) is 7.05 Å². The number of hydrogen-bond acceptors (Lipinski definition) is 2. The van der Waals surface area contributed by atoms with E-state index >= 15 is 0 Å². The van der Waals surface area contributed by atoms with Crippen LogP contribution in [0.15, 0.2) is 29.2 Å². The molecule has 1 unspecified atom stereocenters. The van der Waals surface area contributed by atoms with Crippen LogP contribution in [0.1, 0.15) is 39.0 Å². The van der Waals surface area contributed by atoms with Crippen molar-refractivity contribution in [2.24, 2.45) is 0 Å². The maximum Gasteiger partial charge on any atom is 0.236 e. The Bertz CT molecular complexity index is 442. The number of hydrogen-bond donors (Lipinski definition) is 0. The molecule has 0 N–H and O–H groups in total. The van der Waals surface area contributed by atoms with Crippen molar-refractivity contribution in [3.63, 3.8) is 0 Å². The fraction of sp³-hybridized carbons (Fsp3) is 0.562. The van der Waals surface area contributed by atoms with Crippen molar-refractivity contribution in [3.05, 3.63) is 29.3 Å². The molecule has 0 aromatic heterocycles. The van der Waals surface area contributed by atoms with Crippen LogP contribution in [0.5, 0.6) is 0 Å². The first-order valence-electron chi connectivity index (χ1n) is 7.30. The van der Waals surface area contributed by atoms with Gasteiger partial charge in [0.1, 0.15) is 0 Å². The molecule has 1 fully saturated rings. The standard InChI is InChI=1S/C16H22ClNOS/c1-3-15(20-14-10-8-12(17)9-11-14)16(19)18(2)13-6-4-5-7-13/h8-11,13,15H,3-7H2,1-2H3. The van der Waals surface area contributed by atoms with Crippen LogP contribution < -0.4 is 0 Å². The second kappa shape index (κ2) is 7.37. The fourth-order valence-corrected chi connectivity index (χ4v) is 3.87. The summed E-state index contributed by atoms with van der Waals surface area (Å²) in [6.45, 7) is 2.08. The Balaban J connectivity index is 1.99. The molecule has 1 amide bonds. The zero-order chi connectivity index (χ0) is 14.5. The van der Waals surface area contributed by atoms with Gasteiger partial charge in [-0.05, 0) is 43.5 Å². The molecule has 1 aromatic rings. The van der Waals surface area contributed by atoms with Crippen LogP contribution in [0.2, 0.25) is 5.02 Å². The van der Waals surface area contributed by atoms with Crippen LogP contribution in [0.4, 0.5) is 0 Å². The molecule has 1 aliphatic carbocycles. The molecule has 0 heterocycles. The topological polar surface area (TPSA) is 20.3 Å². The zero-order valence-corrected chi connectivity index (χ0v) is 13.7. The van der Waals surface area contributed by atoms with E-state index in [-0.39, 0.29) is 11.2 Å². The van der Waals surface area contributed by atoms with Gasteiger partial charge in [0, 0.05) is 23.0 Å². The lowest BCUT2D eigenvalue weighted by Crippen LogP contribution is -2.40. The number of carbonyl (C=O) groups is 1. The van der Waals surface area contributed by atoms with Gasteiger partial charge in [-0.15, -0.1) is 11.8 Å². The highest BCUT2D eigenvalue weighted by atomic mass is 35.5. The van der Waals surface area contributed by atoms with Crippen LogP contribution in [0, 0.1) is 0 Å². The van der Waals surface area contributed by atoms with Gasteiger partial charge in [-0.1, -0.05) is 31.4 Å². The van der Waals surface area contributed by atoms with E-state index < -0.39 is 0 Å². The highest BCUT2D eigenvalue weighted by molar-refractivity contribution is 8.00. The number of rotatable bonds is 5. The SMILES string of the molecule is CCC(Sc1ccc(Cl)cc1)C(=O)N(C)C1CCCC1. The minimum atomic E-state index is 0.00164. The van der Waals surface area contributed by atoms with E-state index in [2.05, 4.69) is 6.92 Å². The molecule has 0 spiro atoms. The van der Waals surface area contributed by atoms with Gasteiger partial charge in [-0.2, -0.15) is 0 Å². The molecule has 0 saturated heterocycles. The van der Waals surface area contributed by atoms with Gasteiger partial charge in [0.25, 0.3) is 0 Å². The molecular weight excluding hydrogens is 290 g/mol. The van der Waals surface area contributed by atoms with Crippen molar-refractivity contribution >= 4 is 29.3 Å². The normalized spacial score (nSPS) is 17.1. The monoisotopic (exact) mass is 311 g/mol. The van der Waals surface area contributed by atoms with Crippen molar-refractivity contribution < 1.29 is 4.79 Å². The van der Waals surface area contributed by atoms with E-state index in [1.165, 1.54) is 12.8 Å². The summed E-state index contributed by atoms with van der Waals surface area (Å²) >= 11 is 7.54. The largest absolute Gasteiger partial charge is 0.342 e. The van der Waals surface area contributed by atoms with Gasteiger partial charge in [0.2, 0.25) is 5.91 Å². The molecule has 1 aromatic carbocycles. The average molecular weight is 312 g/mol. The van der Waals surface area contributed by atoms with Crippen LogP contribution in [-0.4, -0.2) is 29.1 Å². The molecule has 1 atom stereocenters. The van der Waals surface area contributed by atoms with Crippen molar-refractivity contribution in [3.8, 4) is 0 Å². The highest BCUT2D eigenvalue weighted by Gasteiger charge is 2.28. The molecule has 1 aliphatic rings. The molecule has 0 radical (unpaired) electrons. The highest BCUT2D eigenvalue weighted by Crippen LogP contribution is 2.30. The van der Waals surface area contributed by atoms with E-state index in [0.717, 1.165) is 29.2 Å². The second-order valence-corrected chi connectivity index (χ2v) is 7.07. The molecule has 20 heavy (non-hydrogen) atoms. The third-order valence-corrected chi connectivity index (χ3v) is 5.57. The molecule has 110 valence electrons. The van der Waals surface area contributed by atoms with E-state index in [9.17, 15) is 4.79 Å². The molecule has 2 rings (SSSR count). The fourth-order valence-electron chi connectivity index (χ4n) is 2.68. The van der Waals surface area contributed by atoms with Crippen LogP contribution in [-0.2, 0) is 4.79 Å². The number of amides is 1. The second-order valence-electron chi connectivity index (χ2n) is 5.36. The summed E-state index contributed by atoms with van der Waals surface area (Å²) in [7, 11) is 1.96. The van der Waals surface area contributed by atoms with Crippen molar-refractivity contribution in [1.82, 2.24) is 4.90 Å². The van der Waals surface area contributed by atoms with Gasteiger partial charge in [-0.25, -0.2) is 0 Å². The van der Waals surface area contributed by atoms with Gasteiger partial charge in [0.05, 0.1) is 5.25 Å². The zero-order valence-electron chi connectivity index (χ0n) is 12.1. The Labute approximate surface area is 130 Å². The minimum Gasteiger partial charge on any atom is -0.342 e. The minimum absolute atomic E-state index is 0.00164. The summed E-state index contributed by atoms with van der Waals surface area (Å²) in [4.78, 5) is 15.7. The first-order chi connectivity index (χ1) is 9.61. The molecule has 1 saturated carbocycles. The van der Waals surface area contributed by atoms with Gasteiger partial charge in [0.15, 0.2) is 0 Å². The first kappa shape index (κ1) is 15.7. The third kappa shape index (κ3) is 3.92. The molecule has 4 heteroatoms. The smallest absolute Gasteiger partial charge is 0.236 e. The predicted octanol–water partition coefficient (Wildman–Crippen LogP) is 4.61. The molecule has 0 aliphatic heterocycles. The van der Waals surface area contributed by atoms with Gasteiger partial charge >= 0.3 is 0 Å². The summed E-state index contributed by atoms with van der Waals surface area (Å²) in [6.07, 6.45) is 5.67. The quantitative estimate of drug-likeness (QED) is 0.740. The summed E-state index contributed by atoms with van der Waals surface area (Å²) in [5, 5.41) is 0.735. The van der Waals surface area contributed by atoms with E-state index in [0.29, 0.717) is 6.04 Å². The lowest BCUT2D eigenvalue weighted by atomic mass is 10.2. The Kier molecular flexibility index (Phi) is 5.79. The van der Waals surface area contributed by atoms with Crippen molar-refractivity contribution in [2.45, 2.75) is 55.2 Å². The maximum absolute atomic E-state index is 12.6. The van der Waals surface area contributed by atoms with Gasteiger partial charge < -0.3 is 4.90 Å². The van der Waals surface area contributed by atoms with Crippen LogP contribution in [0.3, 0.4) is 0 Å². The number of nitrogens with zero attached hydrogens (tertiary/aromatic N) is 1. The maximum atomic E-state index is 12.6. The molecule has 2 nitrogen and oxygen atoms in total. The Hall–Kier alpha value is -0.670. The summed E-state index contributed by atoms with van der Waals surface area (Å²) < 4.78 is 0. The van der Waals surface area contributed by atoms with Gasteiger partial charge in [-0.3, -0.25) is 4.79 Å². The summed E-state index contributed by atoms with van der Waals surface area (Å²) in [5.74, 6) is 0.263. The number of benzene rings is 1. The molecular formula is C16H22ClNOS. The Morgan fingerprint density at radius 2 is 1.95 bits per heavy atom. The Morgan fingerprint density at radius 3 is 2.50 bits per heavy atom. The predicted molar refractivity (Wildman–Crippen MR) is 86.4 cm³/mol. The van der Waals surface area contributed by atoms with E-state index in [1.807, 2.05) is 36.2 Å². The van der Waals surface area contributed by atoms with Crippen LogP contribution >= 0.6 is 23.4 Å². The van der Waals surface area contributed by atoms with Crippen molar-refractivity contribution in [1.29, 1.82) is 0 Å². The Morgan fingerprint density at radius 1 is 1.35 bits per heavy atom. The number of carbonyl (C=O) groups excluding carboxylic acids is 1. The van der Waals surface area contributed by atoms with Crippen LogP contribution in [0.25, 0.3) is 0 Å².